The van der Waals surface area contributed by atoms with E-state index in [-0.39, 0.29) is 16.7 Å². The largest absolute Gasteiger partial charge is 0.364 e. The maximum absolute atomic E-state index is 13.6. The predicted molar refractivity (Wildman–Crippen MR) is 129 cm³/mol. The molecule has 33 heavy (non-hydrogen) atoms. The average molecular weight is 464 g/mol. The number of imidazole rings is 1. The minimum absolute atomic E-state index is 0.0902. The van der Waals surface area contributed by atoms with Gasteiger partial charge in [0.05, 0.1) is 6.33 Å². The van der Waals surface area contributed by atoms with Gasteiger partial charge in [-0.25, -0.2) is 4.98 Å². The Kier molecular flexibility index (Phi) is 4.98. The Morgan fingerprint density at radius 1 is 1.09 bits per heavy atom. The standard InChI is InChI=1S/C26H30ClN5O/c1-15(2)32-14-29-21-23(30-25(27)31-24(21)32)28-13-16-3-5-20(6-4-16)22(33)26-10-17-7-18(11-26)9-19(8-17)12-26/h3-6,14-15,17-19H,7-13H2,1-2H3,(H,28,30,31). The van der Waals surface area contributed by atoms with E-state index in [1.165, 1.54) is 19.3 Å². The maximum atomic E-state index is 13.6. The van der Waals surface area contributed by atoms with Gasteiger partial charge in [0.2, 0.25) is 5.28 Å². The average Bonchev–Trinajstić information content (AvgIpc) is 3.20. The van der Waals surface area contributed by atoms with Crippen molar-refractivity contribution in [2.75, 3.05) is 5.32 Å². The van der Waals surface area contributed by atoms with Crippen LogP contribution in [-0.2, 0) is 6.54 Å². The van der Waals surface area contributed by atoms with Crippen molar-refractivity contribution in [3.63, 3.8) is 0 Å². The fourth-order valence-corrected chi connectivity index (χ4v) is 7.21. The van der Waals surface area contributed by atoms with E-state index in [2.05, 4.69) is 34.1 Å². The van der Waals surface area contributed by atoms with Crippen LogP contribution in [0.15, 0.2) is 30.6 Å². The summed E-state index contributed by atoms with van der Waals surface area (Å²) in [5.74, 6) is 3.33. The quantitative estimate of drug-likeness (QED) is 0.354. The molecule has 0 amide bonds. The van der Waals surface area contributed by atoms with Crippen LogP contribution in [0.2, 0.25) is 5.28 Å². The van der Waals surface area contributed by atoms with Crippen molar-refractivity contribution in [3.8, 4) is 0 Å². The Morgan fingerprint density at radius 3 is 2.33 bits per heavy atom. The van der Waals surface area contributed by atoms with Crippen molar-refractivity contribution in [2.24, 2.45) is 23.2 Å². The Labute approximate surface area is 199 Å². The molecule has 6 nitrogen and oxygen atoms in total. The van der Waals surface area contributed by atoms with Crippen molar-refractivity contribution in [3.05, 3.63) is 47.0 Å². The highest BCUT2D eigenvalue weighted by Crippen LogP contribution is 2.60. The topological polar surface area (TPSA) is 72.7 Å². The smallest absolute Gasteiger partial charge is 0.226 e. The molecule has 0 saturated heterocycles. The molecule has 3 aromatic rings. The third-order valence-corrected chi connectivity index (χ3v) is 8.32. The number of ketones is 1. The molecule has 1 N–H and O–H groups in total. The number of aromatic nitrogens is 4. The number of nitrogens with one attached hydrogen (secondary N) is 1. The zero-order valence-corrected chi connectivity index (χ0v) is 20.0. The van der Waals surface area contributed by atoms with Gasteiger partial charge in [0.25, 0.3) is 0 Å². The van der Waals surface area contributed by atoms with Gasteiger partial charge in [-0.2, -0.15) is 9.97 Å². The molecule has 2 aromatic heterocycles. The van der Waals surface area contributed by atoms with Crippen molar-refractivity contribution in [2.45, 2.75) is 65.0 Å². The van der Waals surface area contributed by atoms with Crippen LogP contribution in [0.25, 0.3) is 11.2 Å². The Morgan fingerprint density at radius 2 is 1.73 bits per heavy atom. The van der Waals surface area contributed by atoms with E-state index in [0.29, 0.717) is 23.7 Å². The fraction of sp³-hybridized carbons (Fsp3) is 0.538. The molecule has 4 aliphatic carbocycles. The van der Waals surface area contributed by atoms with Gasteiger partial charge in [-0.15, -0.1) is 0 Å². The van der Waals surface area contributed by atoms with E-state index < -0.39 is 0 Å². The molecule has 1 aromatic carbocycles. The Hall–Kier alpha value is -2.47. The SMILES string of the molecule is CC(C)n1cnc2c(NCc3ccc(C(=O)C45CC6CC(CC(C6)C4)C5)cc3)nc(Cl)nc21. The first-order chi connectivity index (χ1) is 15.9. The number of fused-ring (bicyclic) bond motifs is 1. The third kappa shape index (κ3) is 3.63. The van der Waals surface area contributed by atoms with Crippen LogP contribution in [0.5, 0.6) is 0 Å². The molecule has 4 aliphatic rings. The number of rotatable bonds is 6. The van der Waals surface area contributed by atoms with E-state index in [4.69, 9.17) is 11.6 Å². The van der Waals surface area contributed by atoms with E-state index in [1.54, 1.807) is 6.33 Å². The summed E-state index contributed by atoms with van der Waals surface area (Å²) in [4.78, 5) is 26.8. The van der Waals surface area contributed by atoms with Gasteiger partial charge in [0.15, 0.2) is 22.8 Å². The zero-order valence-electron chi connectivity index (χ0n) is 19.2. The first-order valence-corrected chi connectivity index (χ1v) is 12.6. The third-order valence-electron chi connectivity index (χ3n) is 8.15. The lowest BCUT2D eigenvalue weighted by atomic mass is 9.48. The van der Waals surface area contributed by atoms with Gasteiger partial charge in [-0.1, -0.05) is 24.3 Å². The number of benzene rings is 1. The highest BCUT2D eigenvalue weighted by molar-refractivity contribution is 6.28. The van der Waals surface area contributed by atoms with Crippen LogP contribution in [0.3, 0.4) is 0 Å². The van der Waals surface area contributed by atoms with Crippen LogP contribution in [-0.4, -0.2) is 25.3 Å². The summed E-state index contributed by atoms with van der Waals surface area (Å²) >= 11 is 6.18. The molecule has 4 saturated carbocycles. The lowest BCUT2D eigenvalue weighted by molar-refractivity contribution is -0.0353. The molecule has 0 unspecified atom stereocenters. The molecule has 7 heteroatoms. The Balaban J connectivity index is 1.18. The molecule has 7 rings (SSSR count). The normalized spacial score (nSPS) is 28.1. The van der Waals surface area contributed by atoms with E-state index in [0.717, 1.165) is 53.8 Å². The molecular formula is C26H30ClN5O. The monoisotopic (exact) mass is 463 g/mol. The van der Waals surface area contributed by atoms with Gasteiger partial charge in [-0.3, -0.25) is 4.79 Å². The summed E-state index contributed by atoms with van der Waals surface area (Å²) in [6.07, 6.45) is 9.15. The summed E-state index contributed by atoms with van der Waals surface area (Å²) in [6, 6.07) is 8.34. The molecule has 0 aliphatic heterocycles. The summed E-state index contributed by atoms with van der Waals surface area (Å²) < 4.78 is 1.99. The lowest BCUT2D eigenvalue weighted by Crippen LogP contribution is -2.50. The first kappa shape index (κ1) is 21.1. The molecule has 2 heterocycles. The number of carbonyl (C=O) groups excluding carboxylic acids is 1. The molecule has 0 atom stereocenters. The molecule has 4 bridgehead atoms. The molecule has 172 valence electrons. The number of Topliss-reactive ketones (excluding diaryl/α,β-unsaturated/α-hetero) is 1. The number of anilines is 1. The summed E-state index contributed by atoms with van der Waals surface area (Å²) in [5, 5.41) is 3.56. The van der Waals surface area contributed by atoms with Gasteiger partial charge in [0, 0.05) is 23.6 Å². The highest BCUT2D eigenvalue weighted by Gasteiger charge is 2.54. The molecule has 4 fully saturated rings. The second-order valence-electron chi connectivity index (χ2n) is 10.8. The minimum atomic E-state index is -0.0902. The first-order valence-electron chi connectivity index (χ1n) is 12.2. The number of hydrogen-bond acceptors (Lipinski definition) is 5. The van der Waals surface area contributed by atoms with Crippen molar-refractivity contribution >= 4 is 34.4 Å². The van der Waals surface area contributed by atoms with E-state index in [1.807, 2.05) is 28.8 Å². The zero-order chi connectivity index (χ0) is 22.7. The second-order valence-corrected chi connectivity index (χ2v) is 11.2. The number of halogens is 1. The van der Waals surface area contributed by atoms with Gasteiger partial charge in [-0.05, 0) is 87.3 Å². The maximum Gasteiger partial charge on any atom is 0.226 e. The molecule has 0 spiro atoms. The van der Waals surface area contributed by atoms with Crippen LogP contribution >= 0.6 is 11.6 Å². The molecule has 0 radical (unpaired) electrons. The summed E-state index contributed by atoms with van der Waals surface area (Å²) in [7, 11) is 0. The predicted octanol–water partition coefficient (Wildman–Crippen LogP) is 6.07. The van der Waals surface area contributed by atoms with Gasteiger partial charge >= 0.3 is 0 Å². The van der Waals surface area contributed by atoms with Gasteiger partial charge < -0.3 is 9.88 Å². The van der Waals surface area contributed by atoms with Crippen molar-refractivity contribution < 1.29 is 4.79 Å². The summed E-state index contributed by atoms with van der Waals surface area (Å²) in [6.45, 7) is 4.73. The van der Waals surface area contributed by atoms with E-state index in [9.17, 15) is 4.79 Å². The van der Waals surface area contributed by atoms with Crippen LogP contribution in [0.4, 0.5) is 5.82 Å². The van der Waals surface area contributed by atoms with Crippen LogP contribution in [0.1, 0.15) is 74.3 Å². The van der Waals surface area contributed by atoms with Crippen LogP contribution in [0, 0.1) is 23.2 Å². The summed E-state index contributed by atoms with van der Waals surface area (Å²) in [5.41, 5.74) is 3.30. The van der Waals surface area contributed by atoms with Crippen LogP contribution < -0.4 is 5.32 Å². The second kappa shape index (κ2) is 7.79. The highest BCUT2D eigenvalue weighted by atomic mass is 35.5. The van der Waals surface area contributed by atoms with Crippen molar-refractivity contribution in [1.29, 1.82) is 0 Å². The molecular weight excluding hydrogens is 434 g/mol. The Bertz CT molecular complexity index is 1180. The number of carbonyl (C=O) groups is 1. The number of hydrogen-bond donors (Lipinski definition) is 1. The van der Waals surface area contributed by atoms with Crippen molar-refractivity contribution in [1.82, 2.24) is 19.5 Å². The number of nitrogens with zero attached hydrogens (tertiary/aromatic N) is 4. The van der Waals surface area contributed by atoms with Gasteiger partial charge in [0.1, 0.15) is 0 Å². The lowest BCUT2D eigenvalue weighted by Gasteiger charge is -2.56. The minimum Gasteiger partial charge on any atom is -0.364 e. The fourth-order valence-electron chi connectivity index (χ4n) is 7.05. The van der Waals surface area contributed by atoms with E-state index >= 15 is 0 Å².